The summed E-state index contributed by atoms with van der Waals surface area (Å²) in [5.41, 5.74) is -0.571. The third-order valence-corrected chi connectivity index (χ3v) is 3.09. The summed E-state index contributed by atoms with van der Waals surface area (Å²) < 4.78 is 10.4. The molecule has 0 atom stereocenters. The lowest BCUT2D eigenvalue weighted by Crippen LogP contribution is -2.46. The second kappa shape index (κ2) is 5.76. The Labute approximate surface area is 124 Å². The van der Waals surface area contributed by atoms with Gasteiger partial charge in [-0.15, -0.1) is 0 Å². The highest BCUT2D eigenvalue weighted by atomic mass is 16.6. The first-order valence-corrected chi connectivity index (χ1v) is 7.03. The molecule has 0 radical (unpaired) electrons. The van der Waals surface area contributed by atoms with E-state index >= 15 is 0 Å². The molecule has 21 heavy (non-hydrogen) atoms. The first kappa shape index (κ1) is 15.4. The number of nitrogens with one attached hydrogen (secondary N) is 1. The summed E-state index contributed by atoms with van der Waals surface area (Å²) in [6.45, 7) is 5.58. The molecular formula is C16H21NO4. The summed E-state index contributed by atoms with van der Waals surface area (Å²) in [6.07, 6.45) is 0.576. The maximum atomic E-state index is 12.1. The van der Waals surface area contributed by atoms with Gasteiger partial charge in [0.25, 0.3) is 0 Å². The van der Waals surface area contributed by atoms with Gasteiger partial charge in [0.2, 0.25) is 0 Å². The fourth-order valence-electron chi connectivity index (χ4n) is 1.84. The van der Waals surface area contributed by atoms with Crippen molar-refractivity contribution in [2.45, 2.75) is 51.4 Å². The molecule has 0 bridgehead atoms. The highest BCUT2D eigenvalue weighted by Crippen LogP contribution is 2.37. The van der Waals surface area contributed by atoms with Crippen LogP contribution in [-0.4, -0.2) is 23.2 Å². The molecule has 1 amide bonds. The molecule has 0 aliphatic heterocycles. The first-order valence-electron chi connectivity index (χ1n) is 7.03. The topological polar surface area (TPSA) is 64.6 Å². The first-order chi connectivity index (χ1) is 9.81. The van der Waals surface area contributed by atoms with Crippen molar-refractivity contribution in [2.75, 3.05) is 0 Å². The number of carbonyl (C=O) groups excluding carboxylic acids is 2. The minimum absolute atomic E-state index is 0.178. The van der Waals surface area contributed by atoms with Crippen molar-refractivity contribution < 1.29 is 19.1 Å². The van der Waals surface area contributed by atoms with Gasteiger partial charge in [0.1, 0.15) is 17.7 Å². The Kier molecular flexibility index (Phi) is 4.21. The Bertz CT molecular complexity index is 515. The number of alkyl carbamates (subject to hydrolysis) is 1. The predicted octanol–water partition coefficient (Wildman–Crippen LogP) is 2.79. The van der Waals surface area contributed by atoms with Crippen LogP contribution in [0.25, 0.3) is 0 Å². The van der Waals surface area contributed by atoms with E-state index in [9.17, 15) is 9.59 Å². The summed E-state index contributed by atoms with van der Waals surface area (Å²) >= 11 is 0. The van der Waals surface area contributed by atoms with Crippen LogP contribution in [-0.2, 0) is 20.9 Å². The minimum atomic E-state index is -0.902. The van der Waals surface area contributed by atoms with Crippen molar-refractivity contribution in [3.05, 3.63) is 35.9 Å². The number of ether oxygens (including phenoxy) is 2. The van der Waals surface area contributed by atoms with Gasteiger partial charge in [0, 0.05) is 0 Å². The van der Waals surface area contributed by atoms with E-state index in [1.807, 2.05) is 30.3 Å². The van der Waals surface area contributed by atoms with Gasteiger partial charge < -0.3 is 14.8 Å². The molecule has 5 heteroatoms. The smallest absolute Gasteiger partial charge is 0.408 e. The number of hydrogen-bond acceptors (Lipinski definition) is 4. The SMILES string of the molecule is CC(C)(C)OC(=O)C1(NC(=O)OCc2ccccc2)CC1. The zero-order valence-electron chi connectivity index (χ0n) is 12.6. The lowest BCUT2D eigenvalue weighted by Gasteiger charge is -2.24. The number of amides is 1. The number of esters is 1. The molecule has 1 fully saturated rings. The summed E-state index contributed by atoms with van der Waals surface area (Å²) in [7, 11) is 0. The Morgan fingerprint density at radius 1 is 1.19 bits per heavy atom. The second-order valence-corrected chi connectivity index (χ2v) is 6.27. The number of benzene rings is 1. The lowest BCUT2D eigenvalue weighted by molar-refractivity contribution is -0.158. The van der Waals surface area contributed by atoms with Crippen LogP contribution in [0.1, 0.15) is 39.2 Å². The van der Waals surface area contributed by atoms with E-state index in [4.69, 9.17) is 9.47 Å². The van der Waals surface area contributed by atoms with Gasteiger partial charge in [-0.2, -0.15) is 0 Å². The molecule has 5 nitrogen and oxygen atoms in total. The predicted molar refractivity (Wildman–Crippen MR) is 77.6 cm³/mol. The summed E-state index contributed by atoms with van der Waals surface area (Å²) in [4.78, 5) is 23.9. The van der Waals surface area contributed by atoms with Crippen molar-refractivity contribution in [2.24, 2.45) is 0 Å². The van der Waals surface area contributed by atoms with E-state index in [0.717, 1.165) is 5.56 Å². The van der Waals surface area contributed by atoms with E-state index in [1.54, 1.807) is 20.8 Å². The van der Waals surface area contributed by atoms with Gasteiger partial charge in [0.05, 0.1) is 0 Å². The maximum absolute atomic E-state index is 12.1. The minimum Gasteiger partial charge on any atom is -0.458 e. The zero-order chi connectivity index (χ0) is 15.5. The van der Waals surface area contributed by atoms with E-state index in [1.165, 1.54) is 0 Å². The molecule has 2 rings (SSSR count). The van der Waals surface area contributed by atoms with Gasteiger partial charge in [-0.3, -0.25) is 0 Å². The van der Waals surface area contributed by atoms with Crippen LogP contribution in [0, 0.1) is 0 Å². The van der Waals surface area contributed by atoms with Crippen LogP contribution in [0.4, 0.5) is 4.79 Å². The fraction of sp³-hybridized carbons (Fsp3) is 0.500. The fourth-order valence-corrected chi connectivity index (χ4v) is 1.84. The van der Waals surface area contributed by atoms with E-state index in [-0.39, 0.29) is 6.61 Å². The molecule has 1 aliphatic carbocycles. The van der Waals surface area contributed by atoms with Crippen LogP contribution < -0.4 is 5.32 Å². The van der Waals surface area contributed by atoms with Gasteiger partial charge in [0.15, 0.2) is 0 Å². The summed E-state index contributed by atoms with van der Waals surface area (Å²) in [5, 5.41) is 2.62. The molecule has 0 spiro atoms. The molecule has 0 aromatic heterocycles. The Hall–Kier alpha value is -2.04. The van der Waals surface area contributed by atoms with E-state index in [2.05, 4.69) is 5.32 Å². The van der Waals surface area contributed by atoms with Crippen molar-refractivity contribution in [3.63, 3.8) is 0 Å². The summed E-state index contributed by atoms with van der Waals surface area (Å²) in [6, 6.07) is 9.38. The summed E-state index contributed by atoms with van der Waals surface area (Å²) in [5.74, 6) is -0.397. The molecule has 1 aromatic rings. The molecule has 114 valence electrons. The van der Waals surface area contributed by atoms with Crippen LogP contribution in [0.5, 0.6) is 0 Å². The average molecular weight is 291 g/mol. The average Bonchev–Trinajstić information content (AvgIpc) is 3.17. The monoisotopic (exact) mass is 291 g/mol. The number of rotatable bonds is 4. The molecule has 0 heterocycles. The van der Waals surface area contributed by atoms with Gasteiger partial charge in [-0.05, 0) is 39.2 Å². The maximum Gasteiger partial charge on any atom is 0.408 e. The van der Waals surface area contributed by atoms with E-state index < -0.39 is 23.2 Å². The van der Waals surface area contributed by atoms with Gasteiger partial charge in [-0.1, -0.05) is 30.3 Å². The van der Waals surface area contributed by atoms with Crippen LogP contribution in [0.2, 0.25) is 0 Å². The molecule has 1 aromatic carbocycles. The molecular weight excluding hydrogens is 270 g/mol. The Morgan fingerprint density at radius 2 is 1.81 bits per heavy atom. The zero-order valence-corrected chi connectivity index (χ0v) is 12.6. The van der Waals surface area contributed by atoms with Crippen molar-refractivity contribution in [1.82, 2.24) is 5.32 Å². The van der Waals surface area contributed by atoms with Crippen LogP contribution in [0.3, 0.4) is 0 Å². The van der Waals surface area contributed by atoms with Gasteiger partial charge >= 0.3 is 12.1 Å². The third kappa shape index (κ3) is 4.48. The quantitative estimate of drug-likeness (QED) is 0.866. The lowest BCUT2D eigenvalue weighted by atomic mass is 10.2. The van der Waals surface area contributed by atoms with Crippen molar-refractivity contribution in [3.8, 4) is 0 Å². The molecule has 1 aliphatic rings. The molecule has 0 saturated heterocycles. The second-order valence-electron chi connectivity index (χ2n) is 6.27. The van der Waals surface area contributed by atoms with Crippen LogP contribution in [0.15, 0.2) is 30.3 Å². The van der Waals surface area contributed by atoms with Crippen molar-refractivity contribution in [1.29, 1.82) is 0 Å². The number of hydrogen-bond donors (Lipinski definition) is 1. The van der Waals surface area contributed by atoms with E-state index in [0.29, 0.717) is 12.8 Å². The van der Waals surface area contributed by atoms with Crippen molar-refractivity contribution >= 4 is 12.1 Å². The Morgan fingerprint density at radius 3 is 2.33 bits per heavy atom. The third-order valence-electron chi connectivity index (χ3n) is 3.09. The number of carbonyl (C=O) groups is 2. The largest absolute Gasteiger partial charge is 0.458 e. The highest BCUT2D eigenvalue weighted by molar-refractivity contribution is 5.89. The normalized spacial score (nSPS) is 16.0. The Balaban J connectivity index is 1.83. The molecule has 1 N–H and O–H groups in total. The van der Waals surface area contributed by atoms with Crippen LogP contribution >= 0.6 is 0 Å². The highest BCUT2D eigenvalue weighted by Gasteiger charge is 2.54. The molecule has 0 unspecified atom stereocenters. The standard InChI is InChI=1S/C16H21NO4/c1-15(2,3)21-13(18)16(9-10-16)17-14(19)20-11-12-7-5-4-6-8-12/h4-8H,9-11H2,1-3H3,(H,17,19). The van der Waals surface area contributed by atoms with Gasteiger partial charge in [-0.25, -0.2) is 9.59 Å². The molecule has 1 saturated carbocycles.